The van der Waals surface area contributed by atoms with E-state index in [0.717, 1.165) is 44.3 Å². The van der Waals surface area contributed by atoms with Crippen LogP contribution in [0.4, 0.5) is 19.0 Å². The van der Waals surface area contributed by atoms with E-state index in [-0.39, 0.29) is 47.7 Å². The van der Waals surface area contributed by atoms with E-state index < -0.39 is 12.3 Å². The van der Waals surface area contributed by atoms with Gasteiger partial charge in [-0.3, -0.25) is 0 Å². The quantitative estimate of drug-likeness (QED) is 0.291. The van der Waals surface area contributed by atoms with E-state index in [2.05, 4.69) is 24.9 Å². The van der Waals surface area contributed by atoms with Crippen LogP contribution >= 0.6 is 0 Å². The summed E-state index contributed by atoms with van der Waals surface area (Å²) >= 11 is 0. The summed E-state index contributed by atoms with van der Waals surface area (Å²) in [7, 11) is 0. The fourth-order valence-electron chi connectivity index (χ4n) is 6.17. The van der Waals surface area contributed by atoms with Crippen LogP contribution in [0, 0.1) is 0 Å². The van der Waals surface area contributed by atoms with Gasteiger partial charge in [0.1, 0.15) is 23.0 Å². The smallest absolute Gasteiger partial charge is 0.476 e. The first-order valence-electron chi connectivity index (χ1n) is 13.6. The standard InChI is InChI=1S/C28H26F3N5O5/c29-28(30,31)40-22-4-2-1-3-19(22)25-20(26(41-34-25)15-5-6-15)14-39-18-11-16-7-8-17(12-18)36(16)24-10-9-23-32-21(27(37)38)13-35(23)33-24/h1-4,9-10,13,15-18H,5-8,11-12,14H2,(H,37,38). The molecule has 0 amide bonds. The van der Waals surface area contributed by atoms with Crippen LogP contribution in [0.1, 0.15) is 66.3 Å². The molecule has 1 aromatic carbocycles. The molecule has 13 heteroatoms. The second kappa shape index (κ2) is 9.75. The Morgan fingerprint density at radius 1 is 1.07 bits per heavy atom. The first-order valence-corrected chi connectivity index (χ1v) is 13.6. The van der Waals surface area contributed by atoms with Gasteiger partial charge < -0.3 is 24.0 Å². The lowest BCUT2D eigenvalue weighted by Gasteiger charge is -2.39. The van der Waals surface area contributed by atoms with Gasteiger partial charge in [0.25, 0.3) is 0 Å². The largest absolute Gasteiger partial charge is 0.573 e. The van der Waals surface area contributed by atoms with Crippen molar-refractivity contribution in [1.29, 1.82) is 0 Å². The monoisotopic (exact) mass is 569 g/mol. The molecule has 1 saturated carbocycles. The van der Waals surface area contributed by atoms with Crippen LogP contribution in [0.15, 0.2) is 47.1 Å². The molecule has 41 heavy (non-hydrogen) atoms. The van der Waals surface area contributed by atoms with Crippen LogP contribution in [-0.4, -0.2) is 55.4 Å². The lowest BCUT2D eigenvalue weighted by molar-refractivity contribution is -0.274. The topological polar surface area (TPSA) is 115 Å². The molecule has 4 aromatic rings. The van der Waals surface area contributed by atoms with E-state index in [4.69, 9.17) is 9.26 Å². The molecule has 3 aliphatic rings. The summed E-state index contributed by atoms with van der Waals surface area (Å²) in [5.41, 5.74) is 1.60. The van der Waals surface area contributed by atoms with Crippen molar-refractivity contribution in [3.63, 3.8) is 0 Å². The number of ether oxygens (including phenoxy) is 2. The predicted molar refractivity (Wildman–Crippen MR) is 138 cm³/mol. The fraction of sp³-hybridized carbons (Fsp3) is 0.429. The van der Waals surface area contributed by atoms with Crippen LogP contribution in [-0.2, 0) is 11.3 Å². The molecule has 0 spiro atoms. The van der Waals surface area contributed by atoms with Crippen molar-refractivity contribution >= 4 is 17.4 Å². The summed E-state index contributed by atoms with van der Waals surface area (Å²) in [4.78, 5) is 17.7. The highest BCUT2D eigenvalue weighted by Crippen LogP contribution is 2.46. The maximum absolute atomic E-state index is 13.1. The zero-order chi connectivity index (χ0) is 28.3. The summed E-state index contributed by atoms with van der Waals surface area (Å²) in [6.45, 7) is 0.173. The van der Waals surface area contributed by atoms with Crippen LogP contribution in [0.5, 0.6) is 5.75 Å². The number of carboxylic acid groups (broad SMARTS) is 1. The molecule has 214 valence electrons. The Balaban J connectivity index is 1.09. The second-order valence-electron chi connectivity index (χ2n) is 10.8. The molecule has 2 unspecified atom stereocenters. The highest BCUT2D eigenvalue weighted by atomic mass is 19.4. The van der Waals surface area contributed by atoms with Gasteiger partial charge in [-0.25, -0.2) is 14.3 Å². The summed E-state index contributed by atoms with van der Waals surface area (Å²) in [5.74, 6) is 0.180. The Morgan fingerprint density at radius 3 is 2.54 bits per heavy atom. The molecule has 3 aromatic heterocycles. The molecule has 1 aliphatic carbocycles. The van der Waals surface area contributed by atoms with Gasteiger partial charge in [-0.2, -0.15) is 0 Å². The number of benzene rings is 1. The molecule has 7 rings (SSSR count). The number of carbonyl (C=O) groups is 1. The Labute approximate surface area is 231 Å². The third-order valence-electron chi connectivity index (χ3n) is 8.08. The van der Waals surface area contributed by atoms with Gasteiger partial charge in [-0.15, -0.1) is 18.3 Å². The fourth-order valence-corrected chi connectivity index (χ4v) is 6.17. The summed E-state index contributed by atoms with van der Waals surface area (Å²) < 4.78 is 57.1. The number of para-hydroxylation sites is 1. The van der Waals surface area contributed by atoms with Crippen molar-refractivity contribution in [2.24, 2.45) is 0 Å². The van der Waals surface area contributed by atoms with Crippen molar-refractivity contribution in [3.8, 4) is 17.0 Å². The second-order valence-corrected chi connectivity index (χ2v) is 10.8. The van der Waals surface area contributed by atoms with Crippen LogP contribution in [0.25, 0.3) is 16.9 Å². The first kappa shape index (κ1) is 25.8. The van der Waals surface area contributed by atoms with Gasteiger partial charge in [-0.05, 0) is 62.8 Å². The van der Waals surface area contributed by atoms with Gasteiger partial charge >= 0.3 is 12.3 Å². The molecule has 10 nitrogen and oxygen atoms in total. The highest BCUT2D eigenvalue weighted by Gasteiger charge is 2.43. The number of carboxylic acids is 1. The summed E-state index contributed by atoms with van der Waals surface area (Å²) in [6.07, 6.45) is 1.85. The Kier molecular flexibility index (Phi) is 6.14. The number of piperidine rings is 1. The Morgan fingerprint density at radius 2 is 1.83 bits per heavy atom. The summed E-state index contributed by atoms with van der Waals surface area (Å²) in [6, 6.07) is 9.95. The van der Waals surface area contributed by atoms with Gasteiger partial charge in [0.2, 0.25) is 0 Å². The minimum Gasteiger partial charge on any atom is -0.476 e. The third-order valence-corrected chi connectivity index (χ3v) is 8.08. The number of alkyl halides is 3. The Hall–Kier alpha value is -4.13. The molecule has 2 saturated heterocycles. The summed E-state index contributed by atoms with van der Waals surface area (Å²) in [5, 5.41) is 18.1. The minimum atomic E-state index is -4.83. The highest BCUT2D eigenvalue weighted by molar-refractivity contribution is 5.86. The van der Waals surface area contributed by atoms with Crippen LogP contribution in [0.3, 0.4) is 0 Å². The molecule has 2 aliphatic heterocycles. The number of rotatable bonds is 8. The number of fused-ring (bicyclic) bond motifs is 3. The number of aromatic carboxylic acids is 1. The van der Waals surface area contributed by atoms with Crippen molar-refractivity contribution < 1.29 is 37.1 Å². The molecule has 1 N–H and O–H groups in total. The number of halogens is 3. The number of anilines is 1. The van der Waals surface area contributed by atoms with Gasteiger partial charge in [0, 0.05) is 29.1 Å². The number of aromatic nitrogens is 4. The number of hydrogen-bond donors (Lipinski definition) is 1. The molecular weight excluding hydrogens is 543 g/mol. The van der Waals surface area contributed by atoms with Crippen molar-refractivity contribution in [2.75, 3.05) is 4.90 Å². The van der Waals surface area contributed by atoms with Crippen LogP contribution < -0.4 is 9.64 Å². The molecule has 2 atom stereocenters. The predicted octanol–water partition coefficient (Wildman–Crippen LogP) is 5.58. The van der Waals surface area contributed by atoms with Crippen molar-refractivity contribution in [3.05, 3.63) is 59.6 Å². The Bertz CT molecular complexity index is 1600. The van der Waals surface area contributed by atoms with Crippen molar-refractivity contribution in [2.45, 2.75) is 75.6 Å². The maximum Gasteiger partial charge on any atom is 0.573 e. The van der Waals surface area contributed by atoms with E-state index in [1.807, 2.05) is 6.07 Å². The lowest BCUT2D eigenvalue weighted by Crippen LogP contribution is -2.46. The molecular formula is C28H26F3N5O5. The molecule has 0 radical (unpaired) electrons. The average molecular weight is 570 g/mol. The molecule has 3 fully saturated rings. The SMILES string of the molecule is O=C(O)c1cn2nc(N3C4CCC3CC(OCc3c(-c5ccccc5OC(F)(F)F)noc3C3CC3)C4)ccc2n1. The lowest BCUT2D eigenvalue weighted by atomic mass is 9.99. The van der Waals surface area contributed by atoms with E-state index in [1.165, 1.54) is 22.8 Å². The van der Waals surface area contributed by atoms with Gasteiger partial charge in [0.05, 0.1) is 18.9 Å². The van der Waals surface area contributed by atoms with E-state index in [9.17, 15) is 23.1 Å². The molecule has 5 heterocycles. The zero-order valence-corrected chi connectivity index (χ0v) is 21.8. The van der Waals surface area contributed by atoms with Crippen molar-refractivity contribution in [1.82, 2.24) is 19.8 Å². The first-order chi connectivity index (χ1) is 19.7. The van der Waals surface area contributed by atoms with E-state index in [1.54, 1.807) is 18.2 Å². The normalized spacial score (nSPS) is 22.4. The maximum atomic E-state index is 13.1. The van der Waals surface area contributed by atoms with E-state index in [0.29, 0.717) is 22.7 Å². The average Bonchev–Trinajstić information content (AvgIpc) is 3.44. The third kappa shape index (κ3) is 4.98. The van der Waals surface area contributed by atoms with E-state index >= 15 is 0 Å². The minimum absolute atomic E-state index is 0.0593. The zero-order valence-electron chi connectivity index (χ0n) is 21.8. The molecule has 2 bridgehead atoms. The van der Waals surface area contributed by atoms with Crippen LogP contribution in [0.2, 0.25) is 0 Å². The number of nitrogens with zero attached hydrogens (tertiary/aromatic N) is 5. The number of imidazole rings is 1. The number of hydrogen-bond acceptors (Lipinski definition) is 8. The van der Waals surface area contributed by atoms with Gasteiger partial charge in [0.15, 0.2) is 11.3 Å². The van der Waals surface area contributed by atoms with Gasteiger partial charge in [-0.1, -0.05) is 17.3 Å².